The van der Waals surface area contributed by atoms with E-state index < -0.39 is 0 Å². The number of hydrogen-bond acceptors (Lipinski definition) is 8. The molecule has 0 aromatic heterocycles. The van der Waals surface area contributed by atoms with E-state index in [-0.39, 0.29) is 144 Å². The Kier molecular flexibility index (Phi) is 135000. The topological polar surface area (TPSA) is 190 Å². The molecular formula is C8K2N8Pd2-6. The van der Waals surface area contributed by atoms with Gasteiger partial charge in [0.25, 0.3) is 0 Å². The van der Waals surface area contributed by atoms with Gasteiger partial charge in [-0.1, -0.05) is 0 Å². The number of rotatable bonds is 0. The Morgan fingerprint density at radius 1 is 0.250 bits per heavy atom. The third kappa shape index (κ3) is 21200. The summed E-state index contributed by atoms with van der Waals surface area (Å²) in [5.74, 6) is 0. The maximum atomic E-state index is 6.25. The van der Waals surface area contributed by atoms with Crippen LogP contribution in [0, 0.1) is 94.7 Å². The Morgan fingerprint density at radius 3 is 0.250 bits per heavy atom. The third-order valence-electron chi connectivity index (χ3n) is 0. The van der Waals surface area contributed by atoms with Crippen LogP contribution in [0.2, 0.25) is 0 Å². The largest absolute Gasteiger partial charge is 1.00 e. The predicted octanol–water partition coefficient (Wildman–Crippen LogP) is -5.23. The van der Waals surface area contributed by atoms with Gasteiger partial charge in [-0.15, -0.1) is 0 Å². The van der Waals surface area contributed by atoms with Crippen LogP contribution in [0.1, 0.15) is 0 Å². The fourth-order valence-corrected chi connectivity index (χ4v) is 0. The van der Waals surface area contributed by atoms with Crippen molar-refractivity contribution in [1.82, 2.24) is 0 Å². The molecule has 0 aliphatic heterocycles. The van der Waals surface area contributed by atoms with Crippen LogP contribution in [-0.2, 0) is 40.8 Å². The van der Waals surface area contributed by atoms with E-state index in [0.717, 1.165) is 0 Å². The van der Waals surface area contributed by atoms with Crippen molar-refractivity contribution in [3.63, 3.8) is 0 Å². The predicted molar refractivity (Wildman–Crippen MR) is 39.7 cm³/mol. The Bertz CT molecular complexity index is 144. The summed E-state index contributed by atoms with van der Waals surface area (Å²) in [6.07, 6.45) is 0. The molecule has 0 fully saturated rings. The van der Waals surface area contributed by atoms with E-state index in [2.05, 4.69) is 0 Å². The number of nitrogens with zero attached hydrogens (tertiary/aromatic N) is 8. The van der Waals surface area contributed by atoms with E-state index in [1.54, 1.807) is 0 Å². The van der Waals surface area contributed by atoms with Gasteiger partial charge in [-0.2, -0.15) is 0 Å². The Labute approximate surface area is 233 Å². The zero-order valence-corrected chi connectivity index (χ0v) is 19.6. The molecule has 0 amide bonds. The van der Waals surface area contributed by atoms with E-state index in [0.29, 0.717) is 0 Å². The van der Waals surface area contributed by atoms with Crippen molar-refractivity contribution in [3.05, 3.63) is 52.6 Å². The summed E-state index contributed by atoms with van der Waals surface area (Å²) < 4.78 is 0. The Morgan fingerprint density at radius 2 is 0.250 bits per heavy atom. The fraction of sp³-hybridized carbons (Fsp3) is 0. The van der Waals surface area contributed by atoms with Gasteiger partial charge in [-0.05, 0) is 0 Å². The first-order valence-corrected chi connectivity index (χ1v) is 1.79. The second-order valence-corrected chi connectivity index (χ2v) is 0. The maximum Gasteiger partial charge on any atom is 1.00 e. The monoisotopic (exact) mass is 498 g/mol. The molecule has 0 bridgehead atoms. The van der Waals surface area contributed by atoms with Crippen molar-refractivity contribution in [2.24, 2.45) is 0 Å². The minimum atomic E-state index is 0. The summed E-state index contributed by atoms with van der Waals surface area (Å²) in [6.45, 7) is 38.0. The summed E-state index contributed by atoms with van der Waals surface area (Å²) in [7, 11) is 0. The third-order valence-corrected chi connectivity index (χ3v) is 0. The molecule has 0 unspecified atom stereocenters. The summed E-state index contributed by atoms with van der Waals surface area (Å²) >= 11 is 0. The minimum absolute atomic E-state index is 0. The Balaban J connectivity index is -0.00000000356. The molecule has 0 radical (unpaired) electrons. The standard InChI is InChI=1S/8CN.2K.2Pd/c8*1-2;;;;/q8*-1;2*+1;;. The van der Waals surface area contributed by atoms with Gasteiger partial charge in [0.1, 0.15) is 0 Å². The molecule has 100 valence electrons. The van der Waals surface area contributed by atoms with Gasteiger partial charge in [0.05, 0.1) is 0 Å². The van der Waals surface area contributed by atoms with Crippen molar-refractivity contribution < 1.29 is 144 Å². The van der Waals surface area contributed by atoms with Crippen molar-refractivity contribution in [3.8, 4) is 0 Å². The van der Waals surface area contributed by atoms with Gasteiger partial charge in [0.15, 0.2) is 0 Å². The first kappa shape index (κ1) is 108. The van der Waals surface area contributed by atoms with Gasteiger partial charge in [-0.25, -0.2) is 0 Å². The minimum Gasteiger partial charge on any atom is -0.512 e. The zero-order chi connectivity index (χ0) is 16.0. The first-order valence-electron chi connectivity index (χ1n) is 1.79. The van der Waals surface area contributed by atoms with E-state index in [1.807, 2.05) is 0 Å². The van der Waals surface area contributed by atoms with E-state index in [1.165, 1.54) is 0 Å². The quantitative estimate of drug-likeness (QED) is 0.233. The molecule has 0 heterocycles. The van der Waals surface area contributed by atoms with E-state index in [9.17, 15) is 0 Å². The molecule has 0 rings (SSSR count). The summed E-state index contributed by atoms with van der Waals surface area (Å²) in [5, 5.41) is 50.0. The molecule has 0 aromatic rings. The van der Waals surface area contributed by atoms with Gasteiger partial charge >= 0.3 is 103 Å². The van der Waals surface area contributed by atoms with E-state index in [4.69, 9.17) is 94.7 Å². The van der Waals surface area contributed by atoms with Crippen molar-refractivity contribution >= 4 is 0 Å². The molecule has 0 saturated heterocycles. The summed E-state index contributed by atoms with van der Waals surface area (Å²) in [5.41, 5.74) is 0. The van der Waals surface area contributed by atoms with Crippen LogP contribution >= 0.6 is 0 Å². The number of hydrogen-bond donors (Lipinski definition) is 0. The van der Waals surface area contributed by atoms with Crippen molar-refractivity contribution in [1.29, 1.82) is 42.1 Å². The first-order chi connectivity index (χ1) is 8.00. The van der Waals surface area contributed by atoms with Crippen molar-refractivity contribution in [2.75, 3.05) is 0 Å². The smallest absolute Gasteiger partial charge is 0.512 e. The SMILES string of the molecule is [C-]#N.[C-]#N.[C-]#N.[C-]#N.[C-]#N.[C-]#N.[C-]#N.[C-]#N.[K+].[K+].[Pd].[Pd]. The molecule has 0 aliphatic rings. The second-order valence-electron chi connectivity index (χ2n) is 0. The molecule has 12 heteroatoms. The molecule has 0 aliphatic carbocycles. The average Bonchev–Trinajstić information content (AvgIpc) is 2.54. The molecule has 0 saturated carbocycles. The average molecular weight is 499 g/mol. The van der Waals surface area contributed by atoms with Crippen LogP contribution in [0.3, 0.4) is 0 Å². The van der Waals surface area contributed by atoms with Crippen LogP contribution in [0.25, 0.3) is 0 Å². The molecule has 20 heavy (non-hydrogen) atoms. The molecular weight excluding hydrogens is 499 g/mol. The van der Waals surface area contributed by atoms with Gasteiger partial charge in [0.2, 0.25) is 0 Å². The fourth-order valence-electron chi connectivity index (χ4n) is 0. The van der Waals surface area contributed by atoms with Crippen LogP contribution in [-0.4, -0.2) is 0 Å². The van der Waals surface area contributed by atoms with E-state index >= 15 is 0 Å². The molecule has 0 spiro atoms. The van der Waals surface area contributed by atoms with Crippen molar-refractivity contribution in [2.45, 2.75) is 0 Å². The van der Waals surface area contributed by atoms with Gasteiger partial charge in [-0.3, -0.25) is 0 Å². The summed E-state index contributed by atoms with van der Waals surface area (Å²) in [4.78, 5) is 0. The molecule has 0 atom stereocenters. The van der Waals surface area contributed by atoms with Crippen LogP contribution in [0.5, 0.6) is 0 Å². The molecule has 0 N–H and O–H groups in total. The maximum absolute atomic E-state index is 6.25. The normalized spacial score (nSPS) is 0.800. The van der Waals surface area contributed by atoms with Crippen LogP contribution in [0.15, 0.2) is 0 Å². The summed E-state index contributed by atoms with van der Waals surface area (Å²) in [6, 6.07) is 0. The molecule has 0 aromatic carbocycles. The Hall–Kier alpha value is 0.517. The second kappa shape index (κ2) is 25000. The van der Waals surface area contributed by atoms with Crippen LogP contribution < -0.4 is 103 Å². The zero-order valence-electron chi connectivity index (χ0n) is 10.2. The molecule has 8 nitrogen and oxygen atoms in total. The van der Waals surface area contributed by atoms with Gasteiger partial charge in [0, 0.05) is 40.8 Å². The van der Waals surface area contributed by atoms with Crippen LogP contribution in [0.4, 0.5) is 0 Å². The van der Waals surface area contributed by atoms with Gasteiger partial charge < -0.3 is 94.7 Å².